The normalized spacial score (nSPS) is 11.8. The molecule has 0 saturated carbocycles. The lowest BCUT2D eigenvalue weighted by Gasteiger charge is -2.10. The van der Waals surface area contributed by atoms with Gasteiger partial charge in [-0.05, 0) is 30.3 Å². The first-order valence-corrected chi connectivity index (χ1v) is 8.29. The van der Waals surface area contributed by atoms with E-state index in [1.165, 1.54) is 41.2 Å². The lowest BCUT2D eigenvalue weighted by atomic mass is 10.2. The number of alkyl halides is 3. The summed E-state index contributed by atoms with van der Waals surface area (Å²) >= 11 is 5.65. The lowest BCUT2D eigenvalue weighted by molar-refractivity contribution is -0.140. The minimum absolute atomic E-state index is 0.0366. The van der Waals surface area contributed by atoms with Crippen LogP contribution in [0.1, 0.15) is 5.69 Å². The molecule has 0 spiro atoms. The predicted octanol–water partition coefficient (Wildman–Crippen LogP) is 5.35. The van der Waals surface area contributed by atoms with E-state index in [1.807, 2.05) is 0 Å². The number of nitrogens with one attached hydrogen (secondary N) is 1. The van der Waals surface area contributed by atoms with Crippen LogP contribution in [0.5, 0.6) is 0 Å². The van der Waals surface area contributed by atoms with Gasteiger partial charge in [0, 0.05) is 11.9 Å². The summed E-state index contributed by atoms with van der Waals surface area (Å²) in [7, 11) is 0. The van der Waals surface area contributed by atoms with Gasteiger partial charge in [0.15, 0.2) is 5.69 Å². The summed E-state index contributed by atoms with van der Waals surface area (Å²) in [5.41, 5.74) is -0.887. The molecule has 0 bridgehead atoms. The van der Waals surface area contributed by atoms with E-state index in [2.05, 4.69) is 20.3 Å². The molecule has 3 aromatic heterocycles. The Hall–Kier alpha value is -3.20. The average Bonchev–Trinajstić information content (AvgIpc) is 3.05. The van der Waals surface area contributed by atoms with Crippen molar-refractivity contribution in [3.8, 4) is 11.4 Å². The first kappa shape index (κ1) is 18.2. The highest BCUT2D eigenvalue weighted by molar-refractivity contribution is 6.30. The summed E-state index contributed by atoms with van der Waals surface area (Å²) in [6.45, 7) is 0. The third-order valence-corrected chi connectivity index (χ3v) is 4.17. The van der Waals surface area contributed by atoms with Crippen molar-refractivity contribution in [1.29, 1.82) is 0 Å². The molecule has 0 atom stereocenters. The fraction of sp³-hybridized carbons (Fsp3) is 0.0556. The molecule has 0 fully saturated rings. The van der Waals surface area contributed by atoms with Gasteiger partial charge in [0.05, 0.1) is 17.4 Å². The topological polar surface area (TPSA) is 55.1 Å². The van der Waals surface area contributed by atoms with E-state index in [1.54, 1.807) is 12.1 Å². The second kappa shape index (κ2) is 6.75. The van der Waals surface area contributed by atoms with Gasteiger partial charge >= 0.3 is 6.18 Å². The molecule has 0 unspecified atom stereocenters. The van der Waals surface area contributed by atoms with E-state index in [4.69, 9.17) is 11.6 Å². The molecule has 5 nitrogen and oxygen atoms in total. The molecule has 142 valence electrons. The third-order valence-electron chi connectivity index (χ3n) is 3.87. The number of nitrogens with zero attached hydrogens (tertiary/aromatic N) is 4. The minimum atomic E-state index is -4.67. The van der Waals surface area contributed by atoms with Crippen molar-refractivity contribution in [2.45, 2.75) is 6.18 Å². The Balaban J connectivity index is 1.80. The van der Waals surface area contributed by atoms with Crippen LogP contribution in [0.4, 0.5) is 29.1 Å². The third kappa shape index (κ3) is 3.36. The molecular formula is C18H10ClF4N5. The number of rotatable bonds is 3. The minimum Gasteiger partial charge on any atom is -0.339 e. The van der Waals surface area contributed by atoms with Gasteiger partial charge in [-0.25, -0.2) is 14.4 Å². The van der Waals surface area contributed by atoms with Crippen LogP contribution in [-0.4, -0.2) is 19.4 Å². The molecule has 4 rings (SSSR count). The summed E-state index contributed by atoms with van der Waals surface area (Å²) in [5.74, 6) is -0.504. The molecule has 10 heteroatoms. The van der Waals surface area contributed by atoms with Gasteiger partial charge in [-0.2, -0.15) is 13.2 Å². The fourth-order valence-corrected chi connectivity index (χ4v) is 2.82. The number of aromatic nitrogens is 4. The van der Waals surface area contributed by atoms with Gasteiger partial charge in [-0.3, -0.25) is 9.38 Å². The Morgan fingerprint density at radius 1 is 1.04 bits per heavy atom. The number of imidazole rings is 1. The van der Waals surface area contributed by atoms with Crippen LogP contribution in [-0.2, 0) is 6.18 Å². The summed E-state index contributed by atoms with van der Waals surface area (Å²) in [6, 6.07) is 8.64. The second-order valence-corrected chi connectivity index (χ2v) is 6.19. The van der Waals surface area contributed by atoms with Crippen molar-refractivity contribution >= 4 is 28.8 Å². The summed E-state index contributed by atoms with van der Waals surface area (Å²) in [4.78, 5) is 11.8. The summed E-state index contributed by atoms with van der Waals surface area (Å²) < 4.78 is 55.4. The summed E-state index contributed by atoms with van der Waals surface area (Å²) in [6.07, 6.45) is -0.694. The zero-order valence-electron chi connectivity index (χ0n) is 13.9. The molecule has 1 N–H and O–H groups in total. The monoisotopic (exact) mass is 407 g/mol. The van der Waals surface area contributed by atoms with E-state index in [0.29, 0.717) is 5.69 Å². The molecule has 0 amide bonds. The Labute approximate surface area is 160 Å². The van der Waals surface area contributed by atoms with Crippen molar-refractivity contribution < 1.29 is 17.6 Å². The van der Waals surface area contributed by atoms with Crippen molar-refractivity contribution in [2.75, 3.05) is 5.32 Å². The Morgan fingerprint density at radius 2 is 1.86 bits per heavy atom. The fourth-order valence-electron chi connectivity index (χ4n) is 2.70. The molecule has 1 aromatic carbocycles. The maximum absolute atomic E-state index is 13.6. The molecular weight excluding hydrogens is 398 g/mol. The van der Waals surface area contributed by atoms with Gasteiger partial charge in [0.1, 0.15) is 28.7 Å². The molecule has 0 aliphatic heterocycles. The standard InChI is InChI=1S/C18H10ClF4N5/c19-11-5-4-10(7-12(11)20)25-14-9-24-8-13(26-14)16-17(18(21,22)23)27-15-3-1-2-6-28(15)16/h1-9H,(H,25,26). The average molecular weight is 408 g/mol. The summed E-state index contributed by atoms with van der Waals surface area (Å²) in [5, 5.41) is 2.75. The highest BCUT2D eigenvalue weighted by atomic mass is 35.5. The van der Waals surface area contributed by atoms with Gasteiger partial charge in [0.2, 0.25) is 0 Å². The van der Waals surface area contributed by atoms with Crippen LogP contribution < -0.4 is 5.32 Å². The van der Waals surface area contributed by atoms with Crippen LogP contribution in [0.15, 0.2) is 55.0 Å². The van der Waals surface area contributed by atoms with Crippen LogP contribution in [0.3, 0.4) is 0 Å². The number of hydrogen-bond acceptors (Lipinski definition) is 4. The maximum Gasteiger partial charge on any atom is 0.435 e. The molecule has 28 heavy (non-hydrogen) atoms. The van der Waals surface area contributed by atoms with Crippen LogP contribution in [0, 0.1) is 5.82 Å². The smallest absolute Gasteiger partial charge is 0.339 e. The quantitative estimate of drug-likeness (QED) is 0.465. The lowest BCUT2D eigenvalue weighted by Crippen LogP contribution is -2.09. The number of benzene rings is 1. The highest BCUT2D eigenvalue weighted by Gasteiger charge is 2.38. The number of halogens is 5. The molecule has 0 aliphatic rings. The van der Waals surface area contributed by atoms with Gasteiger partial charge in [-0.1, -0.05) is 17.7 Å². The Morgan fingerprint density at radius 3 is 2.61 bits per heavy atom. The molecule has 0 aliphatic carbocycles. The van der Waals surface area contributed by atoms with Crippen molar-refractivity contribution in [3.05, 3.63) is 71.5 Å². The van der Waals surface area contributed by atoms with Gasteiger partial charge in [-0.15, -0.1) is 0 Å². The number of pyridine rings is 1. The molecule has 0 radical (unpaired) electrons. The second-order valence-electron chi connectivity index (χ2n) is 5.78. The SMILES string of the molecule is Fc1cc(Nc2cncc(-c3c(C(F)(F)F)nc4ccccn34)n2)ccc1Cl. The largest absolute Gasteiger partial charge is 0.435 e. The Kier molecular flexibility index (Phi) is 4.38. The van der Waals surface area contributed by atoms with Gasteiger partial charge < -0.3 is 5.32 Å². The van der Waals surface area contributed by atoms with E-state index in [-0.39, 0.29) is 27.9 Å². The number of fused-ring (bicyclic) bond motifs is 1. The van der Waals surface area contributed by atoms with Crippen molar-refractivity contribution in [3.63, 3.8) is 0 Å². The Bertz CT molecular complexity index is 1170. The molecule has 0 saturated heterocycles. The van der Waals surface area contributed by atoms with Crippen LogP contribution in [0.2, 0.25) is 5.02 Å². The maximum atomic E-state index is 13.6. The van der Waals surface area contributed by atoms with Crippen molar-refractivity contribution in [1.82, 2.24) is 19.4 Å². The van der Waals surface area contributed by atoms with Gasteiger partial charge in [0.25, 0.3) is 0 Å². The highest BCUT2D eigenvalue weighted by Crippen LogP contribution is 2.36. The number of hydrogen-bond donors (Lipinski definition) is 1. The van der Waals surface area contributed by atoms with Crippen molar-refractivity contribution in [2.24, 2.45) is 0 Å². The van der Waals surface area contributed by atoms with E-state index >= 15 is 0 Å². The zero-order valence-corrected chi connectivity index (χ0v) is 14.6. The molecule has 3 heterocycles. The first-order valence-electron chi connectivity index (χ1n) is 7.92. The first-order chi connectivity index (χ1) is 13.3. The van der Waals surface area contributed by atoms with Crippen LogP contribution >= 0.6 is 11.6 Å². The van der Waals surface area contributed by atoms with E-state index < -0.39 is 17.7 Å². The molecule has 4 aromatic rings. The number of anilines is 2. The van der Waals surface area contributed by atoms with E-state index in [0.717, 1.165) is 6.07 Å². The predicted molar refractivity (Wildman–Crippen MR) is 95.9 cm³/mol. The van der Waals surface area contributed by atoms with Crippen LogP contribution in [0.25, 0.3) is 17.0 Å². The zero-order chi connectivity index (χ0) is 19.9. The van der Waals surface area contributed by atoms with E-state index in [9.17, 15) is 17.6 Å².